The van der Waals surface area contributed by atoms with Crippen LogP contribution in [0, 0.1) is 17.8 Å². The molecule has 0 aromatic heterocycles. The van der Waals surface area contributed by atoms with Crippen LogP contribution in [0.5, 0.6) is 5.75 Å². The SMILES string of the molecule is CCCC1=C2[C@@H](CC/C(=C/c3ccc(O)cc3)c3ccccc3)OB(O)C[C@@H]2[C@@H]2C(=O)c3ccccc3C(=O)[C@@H]2C1. The predicted molar refractivity (Wildman–Crippen MR) is 161 cm³/mol. The number of aromatic hydroxyl groups is 1. The Bertz CT molecular complexity index is 1510. The van der Waals surface area contributed by atoms with Crippen LogP contribution in [-0.2, 0) is 4.65 Å². The number of benzene rings is 3. The molecule has 5 nitrogen and oxygen atoms in total. The van der Waals surface area contributed by atoms with E-state index < -0.39 is 13.0 Å². The molecule has 3 aromatic rings. The van der Waals surface area contributed by atoms with Crippen molar-refractivity contribution in [2.45, 2.75) is 51.5 Å². The van der Waals surface area contributed by atoms with Crippen molar-refractivity contribution in [2.75, 3.05) is 0 Å². The summed E-state index contributed by atoms with van der Waals surface area (Å²) in [7, 11) is -0.989. The number of carbonyl (C=O) groups excluding carboxylic acids is 2. The maximum Gasteiger partial charge on any atom is 0.455 e. The van der Waals surface area contributed by atoms with Crippen molar-refractivity contribution >= 4 is 30.3 Å². The molecule has 0 unspecified atom stereocenters. The highest BCUT2D eigenvalue weighted by atomic mass is 16.5. The summed E-state index contributed by atoms with van der Waals surface area (Å²) in [6.45, 7) is 2.14. The van der Waals surface area contributed by atoms with Crippen molar-refractivity contribution in [3.05, 3.63) is 112 Å². The third-order valence-electron chi connectivity index (χ3n) is 8.97. The van der Waals surface area contributed by atoms with Gasteiger partial charge in [0.15, 0.2) is 11.6 Å². The van der Waals surface area contributed by atoms with Crippen LogP contribution in [0.2, 0.25) is 6.32 Å². The van der Waals surface area contributed by atoms with Crippen LogP contribution in [0.1, 0.15) is 70.9 Å². The lowest BCUT2D eigenvalue weighted by Gasteiger charge is -2.47. The fourth-order valence-electron chi connectivity index (χ4n) is 7.22. The number of fused-ring (bicyclic) bond motifs is 4. The van der Waals surface area contributed by atoms with Crippen molar-refractivity contribution in [1.29, 1.82) is 0 Å². The molecular formula is C35H35BO5. The van der Waals surface area contributed by atoms with Gasteiger partial charge in [0.2, 0.25) is 0 Å². The number of rotatable bonds is 7. The number of ketones is 2. The maximum atomic E-state index is 13.9. The van der Waals surface area contributed by atoms with Crippen molar-refractivity contribution in [2.24, 2.45) is 17.8 Å². The second kappa shape index (κ2) is 11.6. The third kappa shape index (κ3) is 5.34. The van der Waals surface area contributed by atoms with E-state index in [1.165, 1.54) is 5.57 Å². The minimum Gasteiger partial charge on any atom is -0.508 e. The summed E-state index contributed by atoms with van der Waals surface area (Å²) in [5, 5.41) is 20.7. The van der Waals surface area contributed by atoms with Gasteiger partial charge in [-0.2, -0.15) is 0 Å². The van der Waals surface area contributed by atoms with Crippen LogP contribution in [-0.4, -0.2) is 34.9 Å². The van der Waals surface area contributed by atoms with Gasteiger partial charge in [0.25, 0.3) is 0 Å². The molecule has 3 aliphatic rings. The number of phenols is 1. The lowest BCUT2D eigenvalue weighted by atomic mass is 9.54. The molecule has 1 heterocycles. The zero-order chi connectivity index (χ0) is 28.5. The number of hydrogen-bond donors (Lipinski definition) is 2. The third-order valence-corrected chi connectivity index (χ3v) is 8.97. The molecule has 6 heteroatoms. The molecule has 208 valence electrons. The number of hydrogen-bond acceptors (Lipinski definition) is 5. The number of phenolic OH excluding ortho intramolecular Hbond substituents is 1. The molecule has 41 heavy (non-hydrogen) atoms. The zero-order valence-corrected chi connectivity index (χ0v) is 23.3. The van der Waals surface area contributed by atoms with Crippen LogP contribution in [0.25, 0.3) is 11.6 Å². The van der Waals surface area contributed by atoms with Crippen molar-refractivity contribution in [3.63, 3.8) is 0 Å². The molecule has 3 aromatic carbocycles. The average molecular weight is 546 g/mol. The Morgan fingerprint density at radius 2 is 1.61 bits per heavy atom. The van der Waals surface area contributed by atoms with Gasteiger partial charge in [0, 0.05) is 23.0 Å². The molecule has 0 saturated carbocycles. The Labute approximate surface area is 241 Å². The monoisotopic (exact) mass is 546 g/mol. The molecule has 0 bridgehead atoms. The van der Waals surface area contributed by atoms with Gasteiger partial charge >= 0.3 is 7.12 Å². The van der Waals surface area contributed by atoms with Crippen molar-refractivity contribution in [3.8, 4) is 5.75 Å². The fourth-order valence-corrected chi connectivity index (χ4v) is 7.22. The van der Waals surface area contributed by atoms with Crippen LogP contribution in [0.15, 0.2) is 90.0 Å². The van der Waals surface area contributed by atoms with Crippen LogP contribution >= 0.6 is 0 Å². The van der Waals surface area contributed by atoms with Gasteiger partial charge in [-0.1, -0.05) is 91.7 Å². The van der Waals surface area contributed by atoms with Crippen LogP contribution in [0.4, 0.5) is 0 Å². The molecule has 1 saturated heterocycles. The standard InChI is InChI=1S/C35H35BO5/c1-2-8-25-20-29-33(35(39)28-12-7-6-11-27(28)34(29)38)30-21-36(40)41-31(32(25)30)18-15-24(23-9-4-3-5-10-23)19-22-13-16-26(37)17-14-22/h3-7,9-14,16-17,19,29-31,33,37,40H,2,8,15,18,20-21H2,1H3/b24-19-/t29-,30+,31-,33-/m1/s1. The molecule has 4 atom stereocenters. The smallest absolute Gasteiger partial charge is 0.455 e. The minimum absolute atomic E-state index is 0.0216. The van der Waals surface area contributed by atoms with Crippen molar-refractivity contribution < 1.29 is 24.4 Å². The summed E-state index contributed by atoms with van der Waals surface area (Å²) < 4.78 is 6.24. The van der Waals surface area contributed by atoms with E-state index in [4.69, 9.17) is 4.65 Å². The minimum atomic E-state index is -0.989. The first kappa shape index (κ1) is 27.4. The Balaban J connectivity index is 1.35. The fraction of sp³-hybridized carbons (Fsp3) is 0.314. The average Bonchev–Trinajstić information content (AvgIpc) is 2.99. The summed E-state index contributed by atoms with van der Waals surface area (Å²) >= 11 is 0. The summed E-state index contributed by atoms with van der Waals surface area (Å²) in [5.41, 5.74) is 6.62. The van der Waals surface area contributed by atoms with E-state index in [1.54, 1.807) is 24.3 Å². The van der Waals surface area contributed by atoms with Gasteiger partial charge in [0.1, 0.15) is 5.75 Å². The molecular weight excluding hydrogens is 511 g/mol. The van der Waals surface area contributed by atoms with Gasteiger partial charge in [0.05, 0.1) is 6.10 Å². The Kier molecular flexibility index (Phi) is 7.78. The highest BCUT2D eigenvalue weighted by Crippen LogP contribution is 2.51. The molecule has 1 aliphatic heterocycles. The first-order chi connectivity index (χ1) is 19.9. The number of allylic oxidation sites excluding steroid dienone is 2. The summed E-state index contributed by atoms with van der Waals surface area (Å²) in [6.07, 6.45) is 5.83. The lowest BCUT2D eigenvalue weighted by molar-refractivity contribution is 0.0599. The summed E-state index contributed by atoms with van der Waals surface area (Å²) in [4.78, 5) is 27.5. The van der Waals surface area contributed by atoms with E-state index >= 15 is 0 Å². The lowest BCUT2D eigenvalue weighted by Crippen LogP contribution is -2.50. The highest BCUT2D eigenvalue weighted by Gasteiger charge is 2.53. The van der Waals surface area contributed by atoms with Gasteiger partial charge in [-0.15, -0.1) is 0 Å². The van der Waals surface area contributed by atoms with Gasteiger partial charge in [-0.3, -0.25) is 9.59 Å². The quantitative estimate of drug-likeness (QED) is 0.189. The largest absolute Gasteiger partial charge is 0.508 e. The van der Waals surface area contributed by atoms with E-state index in [1.807, 2.05) is 42.5 Å². The van der Waals surface area contributed by atoms with E-state index in [2.05, 4.69) is 25.1 Å². The predicted octanol–water partition coefficient (Wildman–Crippen LogP) is 7.02. The normalized spacial score (nSPS) is 24.1. The molecule has 0 amide bonds. The second-order valence-corrected chi connectivity index (χ2v) is 11.5. The first-order valence-electron chi connectivity index (χ1n) is 14.7. The first-order valence-corrected chi connectivity index (χ1v) is 14.7. The molecule has 1 fully saturated rings. The van der Waals surface area contributed by atoms with Crippen LogP contribution < -0.4 is 0 Å². The molecule has 2 N–H and O–H groups in total. The Morgan fingerprint density at radius 1 is 0.927 bits per heavy atom. The van der Waals surface area contributed by atoms with Gasteiger partial charge in [-0.05, 0) is 72.3 Å². The van der Waals surface area contributed by atoms with E-state index in [0.717, 1.165) is 35.1 Å². The van der Waals surface area contributed by atoms with Crippen molar-refractivity contribution in [1.82, 2.24) is 0 Å². The van der Waals surface area contributed by atoms with E-state index in [9.17, 15) is 19.7 Å². The second-order valence-electron chi connectivity index (χ2n) is 11.5. The van der Waals surface area contributed by atoms with E-state index in [0.29, 0.717) is 36.7 Å². The Hall–Kier alpha value is -3.74. The van der Waals surface area contributed by atoms with Crippen LogP contribution in [0.3, 0.4) is 0 Å². The zero-order valence-electron chi connectivity index (χ0n) is 23.3. The summed E-state index contributed by atoms with van der Waals surface area (Å²) in [6, 6.07) is 24.5. The number of carbonyl (C=O) groups is 2. The molecule has 6 rings (SSSR count). The highest BCUT2D eigenvalue weighted by molar-refractivity contribution is 6.43. The molecule has 2 aliphatic carbocycles. The number of Topliss-reactive ketones (excluding diaryl/α,β-unsaturated/α-hetero) is 2. The topological polar surface area (TPSA) is 83.8 Å². The maximum absolute atomic E-state index is 13.9. The van der Waals surface area contributed by atoms with Gasteiger partial charge < -0.3 is 14.8 Å². The van der Waals surface area contributed by atoms with E-state index in [-0.39, 0.29) is 35.3 Å². The summed E-state index contributed by atoms with van der Waals surface area (Å²) in [5.74, 6) is -0.756. The molecule has 0 spiro atoms. The Morgan fingerprint density at radius 3 is 2.32 bits per heavy atom. The van der Waals surface area contributed by atoms with Gasteiger partial charge in [-0.25, -0.2) is 0 Å². The molecule has 0 radical (unpaired) electrons.